The third kappa shape index (κ3) is 1.84. The number of rotatable bonds is 3. The summed E-state index contributed by atoms with van der Waals surface area (Å²) < 4.78 is 0. The van der Waals surface area contributed by atoms with Crippen molar-refractivity contribution in [3.8, 4) is 0 Å². The highest BCUT2D eigenvalue weighted by molar-refractivity contribution is 7.13. The van der Waals surface area contributed by atoms with Gasteiger partial charge in [0, 0.05) is 11.6 Å². The molecule has 2 fully saturated rings. The first-order valence-electron chi connectivity index (χ1n) is 6.88. The van der Waals surface area contributed by atoms with Gasteiger partial charge in [-0.2, -0.15) is 0 Å². The molecule has 1 saturated heterocycles. The molecule has 0 unspecified atom stereocenters. The van der Waals surface area contributed by atoms with Crippen molar-refractivity contribution < 1.29 is 14.4 Å². The third-order valence-electron chi connectivity index (χ3n) is 4.54. The largest absolute Gasteiger partial charge is 0.300 e. The molecule has 3 amide bonds. The van der Waals surface area contributed by atoms with Crippen molar-refractivity contribution in [2.75, 3.05) is 11.9 Å². The van der Waals surface area contributed by atoms with E-state index in [9.17, 15) is 14.4 Å². The Balaban J connectivity index is 1.48. The topological polar surface area (TPSA) is 79.4 Å². The summed E-state index contributed by atoms with van der Waals surface area (Å²) >= 11 is 1.30. The first-order chi connectivity index (χ1) is 10.1. The van der Waals surface area contributed by atoms with Gasteiger partial charge in [0.25, 0.3) is 0 Å². The molecule has 1 aromatic rings. The van der Waals surface area contributed by atoms with E-state index in [0.717, 1.165) is 11.3 Å². The average Bonchev–Trinajstić information content (AvgIpc) is 3.20. The van der Waals surface area contributed by atoms with Crippen LogP contribution in [0.25, 0.3) is 0 Å². The number of anilines is 1. The van der Waals surface area contributed by atoms with Crippen molar-refractivity contribution in [1.82, 2.24) is 9.88 Å². The molecule has 21 heavy (non-hydrogen) atoms. The Kier molecular flexibility index (Phi) is 2.72. The smallest absolute Gasteiger partial charge is 0.246 e. The minimum Gasteiger partial charge on any atom is -0.300 e. The number of carbonyl (C=O) groups is 3. The fourth-order valence-corrected chi connectivity index (χ4v) is 4.25. The number of hydrogen-bond donors (Lipinski definition) is 1. The van der Waals surface area contributed by atoms with E-state index >= 15 is 0 Å². The molecule has 2 aliphatic carbocycles. The number of nitrogens with zero attached hydrogens (tertiary/aromatic N) is 2. The van der Waals surface area contributed by atoms with Gasteiger partial charge in [0.05, 0.1) is 11.8 Å². The lowest BCUT2D eigenvalue weighted by Gasteiger charge is -2.16. The molecule has 1 aliphatic heterocycles. The molecule has 4 atom stereocenters. The van der Waals surface area contributed by atoms with Crippen LogP contribution in [0.1, 0.15) is 6.42 Å². The van der Waals surface area contributed by atoms with E-state index in [1.807, 2.05) is 12.2 Å². The highest BCUT2D eigenvalue weighted by Crippen LogP contribution is 2.52. The van der Waals surface area contributed by atoms with Crippen LogP contribution in [0.4, 0.5) is 5.13 Å². The van der Waals surface area contributed by atoms with Gasteiger partial charge in [-0.25, -0.2) is 4.98 Å². The van der Waals surface area contributed by atoms with Gasteiger partial charge < -0.3 is 5.32 Å². The van der Waals surface area contributed by atoms with Gasteiger partial charge in [-0.1, -0.05) is 12.2 Å². The molecule has 2 bridgehead atoms. The molecule has 6 nitrogen and oxygen atoms in total. The number of imide groups is 1. The number of amides is 3. The summed E-state index contributed by atoms with van der Waals surface area (Å²) in [5.74, 6) is -0.938. The SMILES string of the molecule is O=C(CN1C(=O)[C@@H]2[C@@H](C1=O)[C@H]1C=C[C@@H]2C1)Nc1nccs1. The fraction of sp³-hybridized carbons (Fsp3) is 0.429. The molecular formula is C14H13N3O3S. The zero-order chi connectivity index (χ0) is 14.6. The molecular weight excluding hydrogens is 290 g/mol. The van der Waals surface area contributed by atoms with E-state index in [1.165, 1.54) is 11.3 Å². The third-order valence-corrected chi connectivity index (χ3v) is 5.23. The summed E-state index contributed by atoms with van der Waals surface area (Å²) in [4.78, 5) is 41.8. The van der Waals surface area contributed by atoms with Crippen molar-refractivity contribution in [3.63, 3.8) is 0 Å². The number of fused-ring (bicyclic) bond motifs is 5. The van der Waals surface area contributed by atoms with Gasteiger partial charge in [-0.3, -0.25) is 19.3 Å². The van der Waals surface area contributed by atoms with Gasteiger partial charge >= 0.3 is 0 Å². The lowest BCUT2D eigenvalue weighted by Crippen LogP contribution is -2.39. The second kappa shape index (κ2) is 4.49. The van der Waals surface area contributed by atoms with E-state index in [0.29, 0.717) is 5.13 Å². The number of carbonyl (C=O) groups excluding carboxylic acids is 3. The van der Waals surface area contributed by atoms with Crippen LogP contribution in [0.3, 0.4) is 0 Å². The molecule has 0 spiro atoms. The highest BCUT2D eigenvalue weighted by atomic mass is 32.1. The second-order valence-electron chi connectivity index (χ2n) is 5.65. The molecule has 1 N–H and O–H groups in total. The average molecular weight is 303 g/mol. The second-order valence-corrected chi connectivity index (χ2v) is 6.54. The van der Waals surface area contributed by atoms with Crippen LogP contribution in [0.15, 0.2) is 23.7 Å². The Labute approximate surface area is 124 Å². The maximum absolute atomic E-state index is 12.4. The lowest BCUT2D eigenvalue weighted by atomic mass is 9.85. The van der Waals surface area contributed by atoms with E-state index in [1.54, 1.807) is 11.6 Å². The summed E-state index contributed by atoms with van der Waals surface area (Å²) in [7, 11) is 0. The minimum atomic E-state index is -0.382. The number of hydrogen-bond acceptors (Lipinski definition) is 5. The molecule has 1 saturated carbocycles. The number of thiazole rings is 1. The molecule has 4 rings (SSSR count). The summed E-state index contributed by atoms with van der Waals surface area (Å²) in [6.07, 6.45) is 6.55. The van der Waals surface area contributed by atoms with Gasteiger partial charge in [0.1, 0.15) is 6.54 Å². The highest BCUT2D eigenvalue weighted by Gasteiger charge is 2.59. The first kappa shape index (κ1) is 12.7. The molecule has 0 aromatic carbocycles. The summed E-state index contributed by atoms with van der Waals surface area (Å²) in [5.41, 5.74) is 0. The maximum atomic E-state index is 12.4. The van der Waals surface area contributed by atoms with E-state index in [2.05, 4.69) is 10.3 Å². The monoisotopic (exact) mass is 303 g/mol. The lowest BCUT2D eigenvalue weighted by molar-refractivity contribution is -0.143. The van der Waals surface area contributed by atoms with Crippen molar-refractivity contribution >= 4 is 34.2 Å². The first-order valence-corrected chi connectivity index (χ1v) is 7.76. The Morgan fingerprint density at radius 1 is 1.29 bits per heavy atom. The molecule has 1 aromatic heterocycles. The number of allylic oxidation sites excluding steroid dienone is 2. The minimum absolute atomic E-state index is 0.170. The van der Waals surface area contributed by atoms with E-state index in [-0.39, 0.29) is 47.9 Å². The zero-order valence-corrected chi connectivity index (χ0v) is 11.9. The number of likely N-dealkylation sites (tertiary alicyclic amines) is 1. The summed E-state index contributed by atoms with van der Waals surface area (Å²) in [6.45, 7) is -0.219. The van der Waals surface area contributed by atoms with Gasteiger partial charge in [-0.15, -0.1) is 11.3 Å². The van der Waals surface area contributed by atoms with E-state index in [4.69, 9.17) is 0 Å². The van der Waals surface area contributed by atoms with Crippen molar-refractivity contribution in [1.29, 1.82) is 0 Å². The quantitative estimate of drug-likeness (QED) is 0.664. The van der Waals surface area contributed by atoms with Gasteiger partial charge in [0.15, 0.2) is 5.13 Å². The van der Waals surface area contributed by atoms with Crippen LogP contribution in [-0.4, -0.2) is 34.2 Å². The van der Waals surface area contributed by atoms with Crippen molar-refractivity contribution in [2.24, 2.45) is 23.7 Å². The Bertz CT molecular complexity index is 624. The van der Waals surface area contributed by atoms with Crippen molar-refractivity contribution in [2.45, 2.75) is 6.42 Å². The van der Waals surface area contributed by atoms with Crippen LogP contribution in [0, 0.1) is 23.7 Å². The van der Waals surface area contributed by atoms with E-state index < -0.39 is 0 Å². The van der Waals surface area contributed by atoms with Crippen LogP contribution in [-0.2, 0) is 14.4 Å². The number of aromatic nitrogens is 1. The predicted molar refractivity (Wildman–Crippen MR) is 75.2 cm³/mol. The van der Waals surface area contributed by atoms with Crippen LogP contribution < -0.4 is 5.32 Å². The Morgan fingerprint density at radius 2 is 1.95 bits per heavy atom. The molecule has 0 radical (unpaired) electrons. The summed E-state index contributed by atoms with van der Waals surface area (Å²) in [5, 5.41) is 4.82. The summed E-state index contributed by atoms with van der Waals surface area (Å²) in [6, 6.07) is 0. The Morgan fingerprint density at radius 3 is 2.52 bits per heavy atom. The normalized spacial score (nSPS) is 32.9. The van der Waals surface area contributed by atoms with Gasteiger partial charge in [0.2, 0.25) is 17.7 Å². The molecule has 108 valence electrons. The number of nitrogens with one attached hydrogen (secondary N) is 1. The predicted octanol–water partition coefficient (Wildman–Crippen LogP) is 0.889. The molecule has 7 heteroatoms. The van der Waals surface area contributed by atoms with Crippen molar-refractivity contribution in [3.05, 3.63) is 23.7 Å². The fourth-order valence-electron chi connectivity index (χ4n) is 3.71. The molecule has 2 heterocycles. The van der Waals surface area contributed by atoms with Crippen LogP contribution in [0.5, 0.6) is 0 Å². The van der Waals surface area contributed by atoms with Crippen LogP contribution >= 0.6 is 11.3 Å². The van der Waals surface area contributed by atoms with Crippen LogP contribution in [0.2, 0.25) is 0 Å². The Hall–Kier alpha value is -2.02. The standard InChI is InChI=1S/C14H13N3O3S/c18-9(16-14-15-3-4-21-14)6-17-12(19)10-7-1-2-8(5-7)11(10)13(17)20/h1-4,7-8,10-11H,5-6H2,(H,15,16,18)/t7-,8+,10-,11-/m0/s1. The maximum Gasteiger partial charge on any atom is 0.246 e. The van der Waals surface area contributed by atoms with Gasteiger partial charge in [-0.05, 0) is 18.3 Å². The zero-order valence-electron chi connectivity index (χ0n) is 11.1. The molecule has 3 aliphatic rings.